The topological polar surface area (TPSA) is 49.3 Å². The first-order valence-corrected chi connectivity index (χ1v) is 4.68. The second-order valence-electron chi connectivity index (χ2n) is 3.07. The van der Waals surface area contributed by atoms with Crippen molar-refractivity contribution in [3.05, 3.63) is 34.9 Å². The van der Waals surface area contributed by atoms with Gasteiger partial charge in [-0.15, -0.1) is 0 Å². The number of hydrogen-bond acceptors (Lipinski definition) is 2. The molecule has 1 rings (SSSR count). The van der Waals surface area contributed by atoms with E-state index >= 15 is 0 Å². The average Bonchev–Trinajstić information content (AvgIpc) is 2.16. The number of benzene rings is 1. The second kappa shape index (κ2) is 4.98. The van der Waals surface area contributed by atoms with E-state index in [4.69, 9.17) is 16.7 Å². The van der Waals surface area contributed by atoms with E-state index in [0.717, 1.165) is 5.56 Å². The van der Waals surface area contributed by atoms with Gasteiger partial charge in [0.2, 0.25) is 0 Å². The Morgan fingerprint density at radius 1 is 1.50 bits per heavy atom. The minimum Gasteiger partial charge on any atom is -0.480 e. The summed E-state index contributed by atoms with van der Waals surface area (Å²) in [6, 6.07) is 6.76. The number of aliphatic carboxylic acids is 1. The van der Waals surface area contributed by atoms with Gasteiger partial charge in [-0.1, -0.05) is 23.7 Å². The fourth-order valence-corrected chi connectivity index (χ4v) is 1.09. The summed E-state index contributed by atoms with van der Waals surface area (Å²) in [5.74, 6) is -0.848. The molecule has 0 unspecified atom stereocenters. The van der Waals surface area contributed by atoms with Crippen LogP contribution in [0.25, 0.3) is 0 Å². The van der Waals surface area contributed by atoms with E-state index < -0.39 is 12.0 Å². The summed E-state index contributed by atoms with van der Waals surface area (Å²) in [6.07, 6.45) is 0. The molecule has 4 heteroatoms. The molecule has 0 aliphatic carbocycles. The van der Waals surface area contributed by atoms with Crippen LogP contribution in [-0.4, -0.2) is 17.1 Å². The van der Waals surface area contributed by atoms with Crippen LogP contribution in [0.15, 0.2) is 24.3 Å². The van der Waals surface area contributed by atoms with E-state index in [1.165, 1.54) is 0 Å². The minimum absolute atomic E-state index is 0.532. The molecule has 0 heterocycles. The lowest BCUT2D eigenvalue weighted by Crippen LogP contribution is -2.33. The van der Waals surface area contributed by atoms with Crippen LogP contribution in [0.3, 0.4) is 0 Å². The second-order valence-corrected chi connectivity index (χ2v) is 3.50. The van der Waals surface area contributed by atoms with Crippen LogP contribution in [0, 0.1) is 0 Å². The highest BCUT2D eigenvalue weighted by Crippen LogP contribution is 2.09. The highest BCUT2D eigenvalue weighted by Gasteiger charge is 2.08. The quantitative estimate of drug-likeness (QED) is 0.803. The molecule has 0 saturated heterocycles. The van der Waals surface area contributed by atoms with Crippen molar-refractivity contribution in [2.24, 2.45) is 0 Å². The van der Waals surface area contributed by atoms with Crippen LogP contribution in [0.2, 0.25) is 5.02 Å². The van der Waals surface area contributed by atoms with Crippen molar-refractivity contribution in [1.82, 2.24) is 5.32 Å². The van der Waals surface area contributed by atoms with Crippen molar-refractivity contribution in [3.63, 3.8) is 0 Å². The van der Waals surface area contributed by atoms with E-state index in [9.17, 15) is 4.79 Å². The number of rotatable bonds is 4. The highest BCUT2D eigenvalue weighted by molar-refractivity contribution is 6.30. The van der Waals surface area contributed by atoms with Gasteiger partial charge < -0.3 is 10.4 Å². The Labute approximate surface area is 87.7 Å². The smallest absolute Gasteiger partial charge is 0.320 e. The van der Waals surface area contributed by atoms with Crippen LogP contribution in [0.4, 0.5) is 0 Å². The molecule has 0 fully saturated rings. The van der Waals surface area contributed by atoms with Crippen LogP contribution < -0.4 is 5.32 Å². The number of halogens is 1. The molecule has 0 aliphatic rings. The SMILES string of the molecule is C[C@@H](NCc1ccc(Cl)cc1)C(=O)O. The van der Waals surface area contributed by atoms with Gasteiger partial charge in [0, 0.05) is 11.6 Å². The van der Waals surface area contributed by atoms with Crippen LogP contribution in [0.5, 0.6) is 0 Å². The van der Waals surface area contributed by atoms with Crippen LogP contribution in [0.1, 0.15) is 12.5 Å². The zero-order valence-corrected chi connectivity index (χ0v) is 8.58. The molecule has 1 atom stereocenters. The van der Waals surface area contributed by atoms with Crippen LogP contribution in [-0.2, 0) is 11.3 Å². The molecule has 0 aliphatic heterocycles. The molecule has 76 valence electrons. The summed E-state index contributed by atoms with van der Waals surface area (Å²) in [5, 5.41) is 12.2. The lowest BCUT2D eigenvalue weighted by atomic mass is 10.2. The van der Waals surface area contributed by atoms with E-state index in [2.05, 4.69) is 5.32 Å². The minimum atomic E-state index is -0.848. The predicted molar refractivity (Wildman–Crippen MR) is 55.4 cm³/mol. The fourth-order valence-electron chi connectivity index (χ4n) is 0.961. The molecule has 0 saturated carbocycles. The Hall–Kier alpha value is -1.06. The molecule has 0 spiro atoms. The summed E-state index contributed by atoms with van der Waals surface area (Å²) in [7, 11) is 0. The first-order chi connectivity index (χ1) is 6.59. The van der Waals surface area contributed by atoms with Gasteiger partial charge in [-0.05, 0) is 24.6 Å². The van der Waals surface area contributed by atoms with Gasteiger partial charge in [0.25, 0.3) is 0 Å². The van der Waals surface area contributed by atoms with E-state index in [1.54, 1.807) is 19.1 Å². The normalized spacial score (nSPS) is 12.4. The van der Waals surface area contributed by atoms with Crippen molar-refractivity contribution < 1.29 is 9.90 Å². The van der Waals surface area contributed by atoms with Crippen molar-refractivity contribution in [3.8, 4) is 0 Å². The lowest BCUT2D eigenvalue weighted by molar-refractivity contribution is -0.139. The van der Waals surface area contributed by atoms with Gasteiger partial charge in [-0.2, -0.15) is 0 Å². The molecule has 0 aromatic heterocycles. The lowest BCUT2D eigenvalue weighted by Gasteiger charge is -2.08. The summed E-state index contributed by atoms with van der Waals surface area (Å²) in [5.41, 5.74) is 1.02. The standard InChI is InChI=1S/C10H12ClNO2/c1-7(10(13)14)12-6-8-2-4-9(11)5-3-8/h2-5,7,12H,6H2,1H3,(H,13,14)/t7-/m1/s1. The zero-order valence-electron chi connectivity index (χ0n) is 7.83. The van der Waals surface area contributed by atoms with Gasteiger partial charge in [0.05, 0.1) is 0 Å². The molecule has 0 amide bonds. The van der Waals surface area contributed by atoms with Crippen LogP contribution >= 0.6 is 11.6 Å². The molecule has 1 aromatic rings. The Kier molecular flexibility index (Phi) is 3.92. The van der Waals surface area contributed by atoms with E-state index in [-0.39, 0.29) is 0 Å². The fraction of sp³-hybridized carbons (Fsp3) is 0.300. The Balaban J connectivity index is 2.46. The molecular formula is C10H12ClNO2. The summed E-state index contributed by atoms with van der Waals surface area (Å²) < 4.78 is 0. The monoisotopic (exact) mass is 213 g/mol. The molecule has 2 N–H and O–H groups in total. The molecule has 1 aromatic carbocycles. The van der Waals surface area contributed by atoms with Crippen molar-refractivity contribution in [2.75, 3.05) is 0 Å². The van der Waals surface area contributed by atoms with Gasteiger partial charge >= 0.3 is 5.97 Å². The molecular weight excluding hydrogens is 202 g/mol. The van der Waals surface area contributed by atoms with E-state index in [0.29, 0.717) is 11.6 Å². The van der Waals surface area contributed by atoms with E-state index in [1.807, 2.05) is 12.1 Å². The number of nitrogens with one attached hydrogen (secondary N) is 1. The maximum Gasteiger partial charge on any atom is 0.320 e. The summed E-state index contributed by atoms with van der Waals surface area (Å²) >= 11 is 5.71. The van der Waals surface area contributed by atoms with Gasteiger partial charge in [0.1, 0.15) is 6.04 Å². The molecule has 0 bridgehead atoms. The molecule has 0 radical (unpaired) electrons. The first kappa shape index (κ1) is 11.0. The average molecular weight is 214 g/mol. The third-order valence-electron chi connectivity index (χ3n) is 1.90. The summed E-state index contributed by atoms with van der Waals surface area (Å²) in [4.78, 5) is 10.5. The van der Waals surface area contributed by atoms with Gasteiger partial charge in [-0.25, -0.2) is 0 Å². The van der Waals surface area contributed by atoms with Crippen molar-refractivity contribution >= 4 is 17.6 Å². The Morgan fingerprint density at radius 2 is 2.07 bits per heavy atom. The zero-order chi connectivity index (χ0) is 10.6. The summed E-state index contributed by atoms with van der Waals surface area (Å²) in [6.45, 7) is 2.14. The largest absolute Gasteiger partial charge is 0.480 e. The molecule has 14 heavy (non-hydrogen) atoms. The highest BCUT2D eigenvalue weighted by atomic mass is 35.5. The maximum atomic E-state index is 10.5. The number of carboxylic acids is 1. The maximum absolute atomic E-state index is 10.5. The van der Waals surface area contributed by atoms with Gasteiger partial charge in [0.15, 0.2) is 0 Å². The number of carboxylic acid groups (broad SMARTS) is 1. The number of carbonyl (C=O) groups is 1. The molecule has 3 nitrogen and oxygen atoms in total. The van der Waals surface area contributed by atoms with Gasteiger partial charge in [-0.3, -0.25) is 4.79 Å². The third-order valence-corrected chi connectivity index (χ3v) is 2.15. The Morgan fingerprint density at radius 3 is 2.57 bits per heavy atom. The number of hydrogen-bond donors (Lipinski definition) is 2. The predicted octanol–water partition coefficient (Wildman–Crippen LogP) is 1.90. The third kappa shape index (κ3) is 3.36. The first-order valence-electron chi connectivity index (χ1n) is 4.30. The van der Waals surface area contributed by atoms with Crippen molar-refractivity contribution in [2.45, 2.75) is 19.5 Å². The van der Waals surface area contributed by atoms with Crippen molar-refractivity contribution in [1.29, 1.82) is 0 Å². The Bertz CT molecular complexity index is 310.